The lowest BCUT2D eigenvalue weighted by Gasteiger charge is -2.26. The van der Waals surface area contributed by atoms with Crippen LogP contribution in [0.5, 0.6) is 0 Å². The minimum atomic E-state index is 0.323. The summed E-state index contributed by atoms with van der Waals surface area (Å²) in [6.07, 6.45) is 3.32. The summed E-state index contributed by atoms with van der Waals surface area (Å²) in [7, 11) is 2.14. The van der Waals surface area contributed by atoms with Crippen LogP contribution in [0, 0.1) is 0 Å². The minimum absolute atomic E-state index is 0.323. The zero-order valence-electron chi connectivity index (χ0n) is 11.7. The topological polar surface area (TPSA) is 29.3 Å². The van der Waals surface area contributed by atoms with Crippen molar-refractivity contribution in [1.29, 1.82) is 0 Å². The van der Waals surface area contributed by atoms with E-state index in [4.69, 9.17) is 17.3 Å². The van der Waals surface area contributed by atoms with Gasteiger partial charge in [-0.3, -0.25) is 4.90 Å². The molecule has 0 aliphatic carbocycles. The highest BCUT2D eigenvalue weighted by molar-refractivity contribution is 6.30. The fraction of sp³-hybridized carbons (Fsp3) is 0.600. The number of halogens is 1. The van der Waals surface area contributed by atoms with E-state index in [0.29, 0.717) is 12.1 Å². The maximum atomic E-state index is 6.05. The van der Waals surface area contributed by atoms with Crippen molar-refractivity contribution in [3.05, 3.63) is 34.9 Å². The van der Waals surface area contributed by atoms with Crippen molar-refractivity contribution in [2.45, 2.75) is 45.2 Å². The molecule has 0 fully saturated rings. The molecule has 2 N–H and O–H groups in total. The Morgan fingerprint density at radius 1 is 1.33 bits per heavy atom. The molecule has 0 saturated carbocycles. The van der Waals surface area contributed by atoms with Gasteiger partial charge in [-0.1, -0.05) is 37.1 Å². The van der Waals surface area contributed by atoms with E-state index in [0.717, 1.165) is 30.8 Å². The summed E-state index contributed by atoms with van der Waals surface area (Å²) in [6.45, 7) is 5.41. The molecule has 1 rings (SSSR count). The quantitative estimate of drug-likeness (QED) is 0.814. The van der Waals surface area contributed by atoms with Crippen LogP contribution in [0.4, 0.5) is 0 Å². The number of nitrogens with zero attached hydrogens (tertiary/aromatic N) is 1. The highest BCUT2D eigenvalue weighted by Crippen LogP contribution is 2.22. The van der Waals surface area contributed by atoms with Gasteiger partial charge in [0.1, 0.15) is 0 Å². The van der Waals surface area contributed by atoms with Gasteiger partial charge >= 0.3 is 0 Å². The van der Waals surface area contributed by atoms with E-state index < -0.39 is 0 Å². The molecule has 0 amide bonds. The molecule has 102 valence electrons. The van der Waals surface area contributed by atoms with Crippen LogP contribution < -0.4 is 5.73 Å². The van der Waals surface area contributed by atoms with E-state index in [1.165, 1.54) is 5.56 Å². The van der Waals surface area contributed by atoms with E-state index >= 15 is 0 Å². The third kappa shape index (κ3) is 4.97. The standard InChI is InChI=1S/C15H25ClN2/c1-4-6-15(17)9-10-18(3)12(2)13-7-5-8-14(16)11-13/h5,7-8,11-12,15H,4,6,9-10,17H2,1-3H3. The summed E-state index contributed by atoms with van der Waals surface area (Å²) in [5.74, 6) is 0. The third-order valence-electron chi connectivity index (χ3n) is 3.50. The van der Waals surface area contributed by atoms with Crippen molar-refractivity contribution >= 4 is 11.6 Å². The van der Waals surface area contributed by atoms with Crippen LogP contribution in [0.15, 0.2) is 24.3 Å². The van der Waals surface area contributed by atoms with Crippen LogP contribution in [0.1, 0.15) is 44.7 Å². The van der Waals surface area contributed by atoms with Gasteiger partial charge in [0.2, 0.25) is 0 Å². The molecule has 0 saturated heterocycles. The van der Waals surface area contributed by atoms with Gasteiger partial charge in [0, 0.05) is 17.1 Å². The van der Waals surface area contributed by atoms with Gasteiger partial charge in [-0.05, 0) is 51.1 Å². The smallest absolute Gasteiger partial charge is 0.0409 e. The van der Waals surface area contributed by atoms with E-state index in [2.05, 4.69) is 31.9 Å². The first-order valence-electron chi connectivity index (χ1n) is 6.75. The molecule has 2 nitrogen and oxygen atoms in total. The Morgan fingerprint density at radius 3 is 2.67 bits per heavy atom. The van der Waals surface area contributed by atoms with E-state index in [9.17, 15) is 0 Å². The molecule has 0 radical (unpaired) electrons. The summed E-state index contributed by atoms with van der Waals surface area (Å²) in [5.41, 5.74) is 7.31. The van der Waals surface area contributed by atoms with Gasteiger partial charge in [0.05, 0.1) is 0 Å². The first-order chi connectivity index (χ1) is 8.54. The summed E-state index contributed by atoms with van der Waals surface area (Å²) in [6, 6.07) is 8.77. The fourth-order valence-corrected chi connectivity index (χ4v) is 2.30. The molecule has 0 aliphatic heterocycles. The van der Waals surface area contributed by atoms with Crippen molar-refractivity contribution in [3.8, 4) is 0 Å². The van der Waals surface area contributed by atoms with E-state index in [1.807, 2.05) is 18.2 Å². The van der Waals surface area contributed by atoms with Gasteiger partial charge in [-0.25, -0.2) is 0 Å². The van der Waals surface area contributed by atoms with Crippen molar-refractivity contribution in [2.75, 3.05) is 13.6 Å². The van der Waals surface area contributed by atoms with Crippen LogP contribution in [0.2, 0.25) is 5.02 Å². The molecule has 3 heteroatoms. The second kappa shape index (κ2) is 7.78. The largest absolute Gasteiger partial charge is 0.328 e. The average molecular weight is 269 g/mol. The molecule has 1 aromatic rings. The van der Waals surface area contributed by atoms with Crippen LogP contribution in [0.25, 0.3) is 0 Å². The normalized spacial score (nSPS) is 14.8. The summed E-state index contributed by atoms with van der Waals surface area (Å²) in [5, 5.41) is 0.801. The van der Waals surface area contributed by atoms with E-state index in [-0.39, 0.29) is 0 Å². The first kappa shape index (κ1) is 15.5. The van der Waals surface area contributed by atoms with Gasteiger partial charge < -0.3 is 5.73 Å². The lowest BCUT2D eigenvalue weighted by Crippen LogP contribution is -2.29. The second-order valence-electron chi connectivity index (χ2n) is 5.05. The third-order valence-corrected chi connectivity index (χ3v) is 3.74. The van der Waals surface area contributed by atoms with Crippen LogP contribution in [-0.2, 0) is 0 Å². The Bertz CT molecular complexity index is 354. The number of rotatable bonds is 7. The molecule has 0 bridgehead atoms. The number of benzene rings is 1. The lowest BCUT2D eigenvalue weighted by atomic mass is 10.1. The van der Waals surface area contributed by atoms with Gasteiger partial charge in [-0.2, -0.15) is 0 Å². The Morgan fingerprint density at radius 2 is 2.06 bits per heavy atom. The van der Waals surface area contributed by atoms with Crippen LogP contribution >= 0.6 is 11.6 Å². The molecule has 0 spiro atoms. The molecule has 0 heterocycles. The van der Waals surface area contributed by atoms with Gasteiger partial charge in [0.25, 0.3) is 0 Å². The molecule has 1 aromatic carbocycles. The molecule has 2 unspecified atom stereocenters. The van der Waals surface area contributed by atoms with Gasteiger partial charge in [-0.15, -0.1) is 0 Å². The summed E-state index contributed by atoms with van der Waals surface area (Å²) < 4.78 is 0. The summed E-state index contributed by atoms with van der Waals surface area (Å²) in [4.78, 5) is 2.33. The molecule has 0 aliphatic rings. The molecular weight excluding hydrogens is 244 g/mol. The Balaban J connectivity index is 2.48. The molecule has 2 atom stereocenters. The predicted octanol–water partition coefficient (Wildman–Crippen LogP) is 3.85. The Kier molecular flexibility index (Phi) is 6.69. The number of nitrogens with two attached hydrogens (primary N) is 1. The maximum absolute atomic E-state index is 6.05. The maximum Gasteiger partial charge on any atom is 0.0409 e. The van der Waals surface area contributed by atoms with Crippen molar-refractivity contribution in [3.63, 3.8) is 0 Å². The predicted molar refractivity (Wildman–Crippen MR) is 80.0 cm³/mol. The zero-order valence-corrected chi connectivity index (χ0v) is 12.5. The highest BCUT2D eigenvalue weighted by Gasteiger charge is 2.12. The summed E-state index contributed by atoms with van der Waals surface area (Å²) >= 11 is 6.02. The fourth-order valence-electron chi connectivity index (χ4n) is 2.10. The number of hydrogen-bond donors (Lipinski definition) is 1. The minimum Gasteiger partial charge on any atom is -0.328 e. The molecule has 18 heavy (non-hydrogen) atoms. The SMILES string of the molecule is CCCC(N)CCN(C)C(C)c1cccc(Cl)c1. The monoisotopic (exact) mass is 268 g/mol. The van der Waals surface area contributed by atoms with E-state index in [1.54, 1.807) is 0 Å². The highest BCUT2D eigenvalue weighted by atomic mass is 35.5. The van der Waals surface area contributed by atoms with Crippen molar-refractivity contribution in [2.24, 2.45) is 5.73 Å². The molecular formula is C15H25ClN2. The Hall–Kier alpha value is -0.570. The van der Waals surface area contributed by atoms with Gasteiger partial charge in [0.15, 0.2) is 0 Å². The van der Waals surface area contributed by atoms with Crippen molar-refractivity contribution < 1.29 is 0 Å². The average Bonchev–Trinajstić information content (AvgIpc) is 2.35. The van der Waals surface area contributed by atoms with Crippen LogP contribution in [-0.4, -0.2) is 24.5 Å². The molecule has 0 aromatic heterocycles. The first-order valence-corrected chi connectivity index (χ1v) is 7.13. The zero-order chi connectivity index (χ0) is 13.5. The van der Waals surface area contributed by atoms with Crippen molar-refractivity contribution in [1.82, 2.24) is 4.90 Å². The van der Waals surface area contributed by atoms with Crippen LogP contribution in [0.3, 0.4) is 0 Å². The lowest BCUT2D eigenvalue weighted by molar-refractivity contribution is 0.249. The Labute approximate surface area is 116 Å². The number of hydrogen-bond acceptors (Lipinski definition) is 2. The second-order valence-corrected chi connectivity index (χ2v) is 5.49.